The molecule has 0 spiro atoms. The van der Waals surface area contributed by atoms with Gasteiger partial charge in [0.15, 0.2) is 0 Å². The molecule has 3 heteroatoms. The highest BCUT2D eigenvalue weighted by Gasteiger charge is 2.29. The number of amides is 1. The van der Waals surface area contributed by atoms with Gasteiger partial charge in [-0.15, -0.1) is 0 Å². The first-order valence-corrected chi connectivity index (χ1v) is 7.29. The van der Waals surface area contributed by atoms with Gasteiger partial charge < -0.3 is 10.2 Å². The zero-order chi connectivity index (χ0) is 13.7. The van der Waals surface area contributed by atoms with Crippen LogP contribution < -0.4 is 5.32 Å². The van der Waals surface area contributed by atoms with E-state index in [-0.39, 0.29) is 5.91 Å². The van der Waals surface area contributed by atoms with Crippen LogP contribution in [0.15, 0.2) is 24.3 Å². The van der Waals surface area contributed by atoms with Crippen molar-refractivity contribution >= 4 is 5.91 Å². The highest BCUT2D eigenvalue weighted by Crippen LogP contribution is 2.35. The van der Waals surface area contributed by atoms with Gasteiger partial charge in [0.2, 0.25) is 5.91 Å². The fourth-order valence-electron chi connectivity index (χ4n) is 2.93. The Balaban J connectivity index is 2.14. The molecule has 104 valence electrons. The van der Waals surface area contributed by atoms with Crippen molar-refractivity contribution in [1.29, 1.82) is 0 Å². The molecule has 0 saturated carbocycles. The van der Waals surface area contributed by atoms with Gasteiger partial charge in [0.05, 0.1) is 6.04 Å². The molecule has 1 aromatic rings. The van der Waals surface area contributed by atoms with Crippen molar-refractivity contribution in [3.05, 3.63) is 35.4 Å². The minimum Gasteiger partial charge on any atom is -0.336 e. The molecule has 1 aromatic carbocycles. The molecule has 0 bridgehead atoms. The summed E-state index contributed by atoms with van der Waals surface area (Å²) in [5.41, 5.74) is 2.77. The summed E-state index contributed by atoms with van der Waals surface area (Å²) < 4.78 is 0. The summed E-state index contributed by atoms with van der Waals surface area (Å²) in [4.78, 5) is 14.5. The van der Waals surface area contributed by atoms with Gasteiger partial charge in [0, 0.05) is 19.5 Å². The highest BCUT2D eigenvalue weighted by atomic mass is 16.2. The normalized spacial score (nSPS) is 17.3. The van der Waals surface area contributed by atoms with Gasteiger partial charge >= 0.3 is 0 Å². The SMILES string of the molecule is CCCN(C(=O)CCNC)C1CCc2ccccc21. The fourth-order valence-corrected chi connectivity index (χ4v) is 2.93. The van der Waals surface area contributed by atoms with Crippen molar-refractivity contribution in [2.75, 3.05) is 20.1 Å². The quantitative estimate of drug-likeness (QED) is 0.852. The third-order valence-electron chi connectivity index (χ3n) is 3.85. The minimum atomic E-state index is 0.276. The van der Waals surface area contributed by atoms with E-state index >= 15 is 0 Å². The van der Waals surface area contributed by atoms with E-state index in [9.17, 15) is 4.79 Å². The maximum absolute atomic E-state index is 12.4. The maximum atomic E-state index is 12.4. The summed E-state index contributed by atoms with van der Waals surface area (Å²) in [5, 5.41) is 3.06. The number of fused-ring (bicyclic) bond motifs is 1. The Morgan fingerprint density at radius 3 is 2.95 bits per heavy atom. The summed E-state index contributed by atoms with van der Waals surface area (Å²) in [6.07, 6.45) is 3.78. The monoisotopic (exact) mass is 260 g/mol. The van der Waals surface area contributed by atoms with E-state index < -0.39 is 0 Å². The Hall–Kier alpha value is -1.35. The number of carbonyl (C=O) groups excluding carboxylic acids is 1. The van der Waals surface area contributed by atoms with Crippen LogP contribution in [0.25, 0.3) is 0 Å². The number of carbonyl (C=O) groups is 1. The summed E-state index contributed by atoms with van der Waals surface area (Å²) in [5.74, 6) is 0.276. The zero-order valence-corrected chi connectivity index (χ0v) is 12.0. The molecule has 0 aliphatic heterocycles. The number of nitrogens with one attached hydrogen (secondary N) is 1. The number of hydrogen-bond acceptors (Lipinski definition) is 2. The smallest absolute Gasteiger partial charge is 0.224 e. The van der Waals surface area contributed by atoms with Crippen molar-refractivity contribution in [2.45, 2.75) is 38.6 Å². The molecule has 0 heterocycles. The standard InChI is InChI=1S/C16H24N2O/c1-3-12-18(16(19)10-11-17-2)15-9-8-13-6-4-5-7-14(13)15/h4-7,15,17H,3,8-12H2,1-2H3. The van der Waals surface area contributed by atoms with Crippen LogP contribution in [0.5, 0.6) is 0 Å². The summed E-state index contributed by atoms with van der Waals surface area (Å²) in [7, 11) is 1.89. The molecule has 0 saturated heterocycles. The Morgan fingerprint density at radius 2 is 2.21 bits per heavy atom. The van der Waals surface area contributed by atoms with Gasteiger partial charge in [0.1, 0.15) is 0 Å². The summed E-state index contributed by atoms with van der Waals surface area (Å²) in [6.45, 7) is 3.76. The summed E-state index contributed by atoms with van der Waals surface area (Å²) in [6, 6.07) is 8.84. The molecular weight excluding hydrogens is 236 g/mol. The van der Waals surface area contributed by atoms with Gasteiger partial charge in [-0.25, -0.2) is 0 Å². The van der Waals surface area contributed by atoms with Crippen LogP contribution in [0.2, 0.25) is 0 Å². The molecule has 0 aromatic heterocycles. The third kappa shape index (κ3) is 3.16. The van der Waals surface area contributed by atoms with Crippen molar-refractivity contribution in [3.63, 3.8) is 0 Å². The van der Waals surface area contributed by atoms with Crippen LogP contribution in [0.1, 0.15) is 43.4 Å². The maximum Gasteiger partial charge on any atom is 0.224 e. The van der Waals surface area contributed by atoms with E-state index in [1.54, 1.807) is 0 Å². The second-order valence-corrected chi connectivity index (χ2v) is 5.19. The number of rotatable bonds is 6. The lowest BCUT2D eigenvalue weighted by Gasteiger charge is -2.29. The molecule has 0 fully saturated rings. The third-order valence-corrected chi connectivity index (χ3v) is 3.85. The second kappa shape index (κ2) is 6.71. The summed E-state index contributed by atoms with van der Waals surface area (Å²) >= 11 is 0. The molecule has 0 radical (unpaired) electrons. The molecule has 1 aliphatic rings. The molecule has 1 aliphatic carbocycles. The average molecular weight is 260 g/mol. The topological polar surface area (TPSA) is 32.3 Å². The van der Waals surface area contributed by atoms with Gasteiger partial charge in [0.25, 0.3) is 0 Å². The van der Waals surface area contributed by atoms with E-state index in [4.69, 9.17) is 0 Å². The number of hydrogen-bond donors (Lipinski definition) is 1. The lowest BCUT2D eigenvalue weighted by atomic mass is 10.1. The first kappa shape index (κ1) is 14.1. The van der Waals surface area contributed by atoms with E-state index in [1.165, 1.54) is 11.1 Å². The first-order chi connectivity index (χ1) is 9.27. The molecule has 1 unspecified atom stereocenters. The van der Waals surface area contributed by atoms with E-state index in [0.29, 0.717) is 12.5 Å². The lowest BCUT2D eigenvalue weighted by molar-refractivity contribution is -0.133. The van der Waals surface area contributed by atoms with Gasteiger partial charge in [-0.1, -0.05) is 31.2 Å². The van der Waals surface area contributed by atoms with Gasteiger partial charge in [-0.2, -0.15) is 0 Å². The van der Waals surface area contributed by atoms with E-state index in [1.807, 2.05) is 7.05 Å². The second-order valence-electron chi connectivity index (χ2n) is 5.19. The Bertz CT molecular complexity index is 431. The van der Waals surface area contributed by atoms with Crippen LogP contribution in [0.3, 0.4) is 0 Å². The zero-order valence-electron chi connectivity index (χ0n) is 12.0. The van der Waals surface area contributed by atoms with Crippen molar-refractivity contribution in [2.24, 2.45) is 0 Å². The predicted molar refractivity (Wildman–Crippen MR) is 78.1 cm³/mol. The Kier molecular flexibility index (Phi) is 4.97. The Labute approximate surface area is 116 Å². The predicted octanol–water partition coefficient (Wildman–Crippen LogP) is 2.52. The van der Waals surface area contributed by atoms with Crippen molar-refractivity contribution in [3.8, 4) is 0 Å². The molecule has 2 rings (SSSR count). The van der Waals surface area contributed by atoms with Gasteiger partial charge in [-0.05, 0) is 37.4 Å². The molecule has 1 atom stereocenters. The number of nitrogens with zero attached hydrogens (tertiary/aromatic N) is 1. The highest BCUT2D eigenvalue weighted by molar-refractivity contribution is 5.77. The molecular formula is C16H24N2O. The van der Waals surface area contributed by atoms with Crippen LogP contribution >= 0.6 is 0 Å². The van der Waals surface area contributed by atoms with Gasteiger partial charge in [-0.3, -0.25) is 4.79 Å². The molecule has 19 heavy (non-hydrogen) atoms. The minimum absolute atomic E-state index is 0.276. The van der Waals surface area contributed by atoms with E-state index in [0.717, 1.165) is 32.4 Å². The van der Waals surface area contributed by atoms with Crippen molar-refractivity contribution in [1.82, 2.24) is 10.2 Å². The Morgan fingerprint density at radius 1 is 1.42 bits per heavy atom. The number of benzene rings is 1. The molecule has 3 nitrogen and oxygen atoms in total. The lowest BCUT2D eigenvalue weighted by Crippen LogP contribution is -2.36. The number of aryl methyl sites for hydroxylation is 1. The molecule has 1 N–H and O–H groups in total. The van der Waals surface area contributed by atoms with Crippen molar-refractivity contribution < 1.29 is 4.79 Å². The average Bonchev–Trinajstić information content (AvgIpc) is 2.86. The largest absolute Gasteiger partial charge is 0.336 e. The van der Waals surface area contributed by atoms with Crippen LogP contribution in [0, 0.1) is 0 Å². The van der Waals surface area contributed by atoms with E-state index in [2.05, 4.69) is 41.4 Å². The fraction of sp³-hybridized carbons (Fsp3) is 0.562. The van der Waals surface area contributed by atoms with Crippen LogP contribution in [-0.2, 0) is 11.2 Å². The van der Waals surface area contributed by atoms with Crippen LogP contribution in [-0.4, -0.2) is 30.9 Å². The molecule has 1 amide bonds. The van der Waals surface area contributed by atoms with Crippen LogP contribution in [0.4, 0.5) is 0 Å². The first-order valence-electron chi connectivity index (χ1n) is 7.29.